The van der Waals surface area contributed by atoms with Crippen LogP contribution in [0.5, 0.6) is 0 Å². The van der Waals surface area contributed by atoms with Crippen LogP contribution in [0.4, 0.5) is 10.5 Å². The molecule has 0 fully saturated rings. The Balaban J connectivity index is 1.62. The van der Waals surface area contributed by atoms with E-state index in [0.717, 1.165) is 11.3 Å². The summed E-state index contributed by atoms with van der Waals surface area (Å²) < 4.78 is 5.48. The molecule has 2 heterocycles. The van der Waals surface area contributed by atoms with E-state index in [1.54, 1.807) is 23.7 Å². The van der Waals surface area contributed by atoms with E-state index in [9.17, 15) is 4.79 Å². The molecule has 0 radical (unpaired) electrons. The number of hydrogen-bond acceptors (Lipinski definition) is 6. The predicted octanol–water partition coefficient (Wildman–Crippen LogP) is 2.00. The van der Waals surface area contributed by atoms with Gasteiger partial charge in [-0.25, -0.2) is 9.78 Å². The van der Waals surface area contributed by atoms with Crippen molar-refractivity contribution in [2.75, 3.05) is 12.4 Å². The maximum atomic E-state index is 12.2. The zero-order valence-corrected chi connectivity index (χ0v) is 13.5. The monoisotopic (exact) mass is 329 g/mol. The second-order valence-electron chi connectivity index (χ2n) is 4.95. The summed E-state index contributed by atoms with van der Waals surface area (Å²) in [7, 11) is 3.50. The van der Waals surface area contributed by atoms with E-state index in [0.29, 0.717) is 18.1 Å². The van der Waals surface area contributed by atoms with Crippen LogP contribution >= 0.6 is 11.5 Å². The summed E-state index contributed by atoms with van der Waals surface area (Å²) in [4.78, 5) is 17.8. The van der Waals surface area contributed by atoms with Gasteiger partial charge in [-0.2, -0.15) is 5.10 Å². The number of aromatic nitrogens is 5. The molecular formula is C14H15N7OS. The van der Waals surface area contributed by atoms with Crippen LogP contribution in [0.2, 0.25) is 0 Å². The van der Waals surface area contributed by atoms with Crippen LogP contribution < -0.4 is 5.32 Å². The molecule has 2 aromatic heterocycles. The number of aryl methyl sites for hydroxylation is 1. The Labute approximate surface area is 136 Å². The summed E-state index contributed by atoms with van der Waals surface area (Å²) in [6.07, 6.45) is 1.47. The largest absolute Gasteiger partial charge is 0.321 e. The molecule has 0 saturated heterocycles. The maximum Gasteiger partial charge on any atom is 0.321 e. The highest BCUT2D eigenvalue weighted by Gasteiger charge is 2.12. The molecule has 2 amide bonds. The van der Waals surface area contributed by atoms with Crippen LogP contribution in [0.3, 0.4) is 0 Å². The first-order valence-electron chi connectivity index (χ1n) is 6.86. The Hall–Kier alpha value is -2.81. The molecule has 0 aliphatic carbocycles. The number of carbonyl (C=O) groups is 1. The lowest BCUT2D eigenvalue weighted by Gasteiger charge is -2.17. The molecule has 3 rings (SSSR count). The number of nitrogens with one attached hydrogen (secondary N) is 1. The molecule has 0 atom stereocenters. The highest BCUT2D eigenvalue weighted by molar-refractivity contribution is 7.03. The normalized spacial score (nSPS) is 10.5. The molecule has 9 heteroatoms. The van der Waals surface area contributed by atoms with E-state index in [4.69, 9.17) is 0 Å². The molecule has 1 aromatic carbocycles. The Morgan fingerprint density at radius 1 is 1.35 bits per heavy atom. The van der Waals surface area contributed by atoms with Gasteiger partial charge in [0.05, 0.1) is 6.54 Å². The number of amides is 2. The molecule has 0 aliphatic heterocycles. The highest BCUT2D eigenvalue weighted by atomic mass is 32.1. The second-order valence-corrected chi connectivity index (χ2v) is 5.56. The van der Waals surface area contributed by atoms with Crippen molar-refractivity contribution in [3.05, 3.63) is 41.8 Å². The zero-order valence-electron chi connectivity index (χ0n) is 12.7. The van der Waals surface area contributed by atoms with Crippen LogP contribution in [-0.2, 0) is 13.6 Å². The van der Waals surface area contributed by atoms with E-state index in [1.807, 2.05) is 29.6 Å². The quantitative estimate of drug-likeness (QED) is 0.791. The first-order chi connectivity index (χ1) is 11.1. The molecule has 118 valence electrons. The second kappa shape index (κ2) is 6.53. The summed E-state index contributed by atoms with van der Waals surface area (Å²) >= 11 is 1.31. The average molecular weight is 329 g/mol. The lowest BCUT2D eigenvalue weighted by molar-refractivity contribution is 0.219. The molecule has 0 saturated carbocycles. The minimum atomic E-state index is -0.212. The minimum Gasteiger partial charge on any atom is -0.320 e. The third-order valence-corrected chi connectivity index (χ3v) is 3.83. The lowest BCUT2D eigenvalue weighted by atomic mass is 10.1. The molecule has 3 aromatic rings. The highest BCUT2D eigenvalue weighted by Crippen LogP contribution is 2.20. The first kappa shape index (κ1) is 15.1. The van der Waals surface area contributed by atoms with E-state index in [2.05, 4.69) is 25.0 Å². The van der Waals surface area contributed by atoms with Crippen molar-refractivity contribution in [3.63, 3.8) is 0 Å². The zero-order chi connectivity index (χ0) is 16.2. The summed E-state index contributed by atoms with van der Waals surface area (Å²) in [6.45, 7) is 0.380. The number of urea groups is 1. The van der Waals surface area contributed by atoms with Crippen LogP contribution in [0.15, 0.2) is 36.0 Å². The fraction of sp³-hybridized carbons (Fsp3) is 0.214. The number of anilines is 1. The van der Waals surface area contributed by atoms with E-state index in [1.165, 1.54) is 17.9 Å². The number of benzene rings is 1. The van der Waals surface area contributed by atoms with Crippen molar-refractivity contribution in [1.82, 2.24) is 29.3 Å². The standard InChI is InChI=1S/C14H15N7OS/c1-20(7-13-15-9-16-21(13)2)14(22)17-11-5-3-10(4-6-11)12-8-23-19-18-12/h3-6,8-9H,7H2,1-2H3,(H,17,22). The summed E-state index contributed by atoms with van der Waals surface area (Å²) in [6, 6.07) is 7.26. The Morgan fingerprint density at radius 3 is 2.74 bits per heavy atom. The third kappa shape index (κ3) is 3.51. The van der Waals surface area contributed by atoms with Crippen molar-refractivity contribution in [2.45, 2.75) is 6.54 Å². The number of rotatable bonds is 4. The van der Waals surface area contributed by atoms with Crippen LogP contribution in [0.25, 0.3) is 11.3 Å². The van der Waals surface area contributed by atoms with E-state index < -0.39 is 0 Å². The van der Waals surface area contributed by atoms with Crippen LogP contribution in [0, 0.1) is 0 Å². The summed E-state index contributed by atoms with van der Waals surface area (Å²) in [5.74, 6) is 0.717. The van der Waals surface area contributed by atoms with Crippen molar-refractivity contribution < 1.29 is 4.79 Å². The fourth-order valence-corrected chi connectivity index (χ4v) is 2.45. The van der Waals surface area contributed by atoms with Crippen LogP contribution in [-0.4, -0.2) is 42.3 Å². The van der Waals surface area contributed by atoms with Gasteiger partial charge >= 0.3 is 6.03 Å². The average Bonchev–Trinajstić information content (AvgIpc) is 3.21. The number of nitrogens with zero attached hydrogens (tertiary/aromatic N) is 6. The van der Waals surface area contributed by atoms with Crippen molar-refractivity contribution in [3.8, 4) is 11.3 Å². The van der Waals surface area contributed by atoms with Gasteiger partial charge in [0, 0.05) is 30.7 Å². The van der Waals surface area contributed by atoms with E-state index >= 15 is 0 Å². The molecule has 8 nitrogen and oxygen atoms in total. The van der Waals surface area contributed by atoms with Gasteiger partial charge in [0.1, 0.15) is 17.8 Å². The Kier molecular flexibility index (Phi) is 4.29. The molecule has 0 spiro atoms. The maximum absolute atomic E-state index is 12.2. The van der Waals surface area contributed by atoms with Gasteiger partial charge in [-0.05, 0) is 23.7 Å². The van der Waals surface area contributed by atoms with Gasteiger partial charge in [-0.3, -0.25) is 4.68 Å². The SMILES string of the molecule is CN(Cc1ncnn1C)C(=O)Nc1ccc(-c2csnn2)cc1. The third-order valence-electron chi connectivity index (χ3n) is 3.32. The molecule has 0 aliphatic rings. The minimum absolute atomic E-state index is 0.212. The molecular weight excluding hydrogens is 314 g/mol. The van der Waals surface area contributed by atoms with Crippen molar-refractivity contribution >= 4 is 23.3 Å². The number of hydrogen-bond donors (Lipinski definition) is 1. The van der Waals surface area contributed by atoms with Gasteiger partial charge in [-0.1, -0.05) is 16.6 Å². The number of carbonyl (C=O) groups excluding carboxylic acids is 1. The van der Waals surface area contributed by atoms with Gasteiger partial charge in [0.2, 0.25) is 0 Å². The van der Waals surface area contributed by atoms with Crippen molar-refractivity contribution in [1.29, 1.82) is 0 Å². The molecule has 1 N–H and O–H groups in total. The molecule has 0 bridgehead atoms. The molecule has 0 unspecified atom stereocenters. The van der Waals surface area contributed by atoms with E-state index in [-0.39, 0.29) is 6.03 Å². The van der Waals surface area contributed by atoms with Gasteiger partial charge in [-0.15, -0.1) is 5.10 Å². The lowest BCUT2D eigenvalue weighted by Crippen LogP contribution is -2.31. The Bertz CT molecular complexity index is 782. The summed E-state index contributed by atoms with van der Waals surface area (Å²) in [5, 5.41) is 12.7. The van der Waals surface area contributed by atoms with Crippen LogP contribution in [0.1, 0.15) is 5.82 Å². The topological polar surface area (TPSA) is 88.8 Å². The van der Waals surface area contributed by atoms with Crippen molar-refractivity contribution in [2.24, 2.45) is 7.05 Å². The van der Waals surface area contributed by atoms with Gasteiger partial charge < -0.3 is 10.2 Å². The van der Waals surface area contributed by atoms with Gasteiger partial charge in [0.15, 0.2) is 0 Å². The van der Waals surface area contributed by atoms with Gasteiger partial charge in [0.25, 0.3) is 0 Å². The molecule has 23 heavy (non-hydrogen) atoms. The fourth-order valence-electron chi connectivity index (χ4n) is 1.98. The smallest absolute Gasteiger partial charge is 0.320 e. The predicted molar refractivity (Wildman–Crippen MR) is 86.8 cm³/mol. The summed E-state index contributed by atoms with van der Waals surface area (Å²) in [5.41, 5.74) is 2.50. The first-order valence-corrected chi connectivity index (χ1v) is 7.69. The Morgan fingerprint density at radius 2 is 2.13 bits per heavy atom.